The zero-order chi connectivity index (χ0) is 26.2. The number of hydrogen-bond acceptors (Lipinski definition) is 5. The van der Waals surface area contributed by atoms with Crippen LogP contribution in [0.15, 0.2) is 85.1 Å². The molecule has 2 N–H and O–H groups in total. The predicted octanol–water partition coefficient (Wildman–Crippen LogP) is 6.99. The third kappa shape index (κ3) is 6.60. The van der Waals surface area contributed by atoms with Crippen LogP contribution in [0.2, 0.25) is 5.02 Å². The highest BCUT2D eigenvalue weighted by atomic mass is 35.5. The number of aliphatic carboxylic acids is 1. The number of rotatable bonds is 10. The molecule has 0 unspecified atom stereocenters. The predicted molar refractivity (Wildman–Crippen MR) is 144 cm³/mol. The lowest BCUT2D eigenvalue weighted by Crippen LogP contribution is -2.05. The van der Waals surface area contributed by atoms with Crippen LogP contribution in [-0.4, -0.2) is 21.8 Å². The number of nitriles is 1. The Hall–Kier alpha value is -4.47. The van der Waals surface area contributed by atoms with E-state index < -0.39 is 5.97 Å². The molecule has 0 aliphatic heterocycles. The quantitative estimate of drug-likeness (QED) is 0.223. The Labute approximate surface area is 220 Å². The number of aromatic nitrogens is 1. The van der Waals surface area contributed by atoms with E-state index >= 15 is 0 Å². The van der Waals surface area contributed by atoms with E-state index in [1.165, 1.54) is 0 Å². The molecule has 1 aromatic heterocycles. The first-order chi connectivity index (χ1) is 17.9. The number of carboxylic acid groups (broad SMARTS) is 1. The number of nitrogens with zero attached hydrogens (tertiary/aromatic N) is 2. The van der Waals surface area contributed by atoms with Crippen molar-refractivity contribution < 1.29 is 14.7 Å². The maximum atomic E-state index is 12.3. The number of carboxylic acids is 1. The SMILES string of the molecule is N#Cc1cccc(CNc2ccc(-c3ccc(Cl)cc3)cc2)c1-c1ccc(C(=O)CCCC(=O)O)nc1. The van der Waals surface area contributed by atoms with Crippen LogP contribution in [0.4, 0.5) is 5.69 Å². The zero-order valence-corrected chi connectivity index (χ0v) is 20.7. The van der Waals surface area contributed by atoms with Crippen molar-refractivity contribution >= 4 is 29.0 Å². The third-order valence-corrected chi connectivity index (χ3v) is 6.20. The van der Waals surface area contributed by atoms with Gasteiger partial charge >= 0.3 is 5.97 Å². The molecule has 184 valence electrons. The Morgan fingerprint density at radius 1 is 0.892 bits per heavy atom. The Balaban J connectivity index is 1.49. The molecular formula is C30H24ClN3O3. The summed E-state index contributed by atoms with van der Waals surface area (Å²) in [4.78, 5) is 27.3. The highest BCUT2D eigenvalue weighted by Gasteiger charge is 2.14. The zero-order valence-electron chi connectivity index (χ0n) is 19.9. The van der Waals surface area contributed by atoms with E-state index in [0.29, 0.717) is 17.1 Å². The van der Waals surface area contributed by atoms with E-state index in [1.54, 1.807) is 24.4 Å². The summed E-state index contributed by atoms with van der Waals surface area (Å²) in [6.45, 7) is 0.487. The summed E-state index contributed by atoms with van der Waals surface area (Å²) in [7, 11) is 0. The molecule has 0 spiro atoms. The number of carbonyl (C=O) groups is 2. The van der Waals surface area contributed by atoms with Crippen LogP contribution < -0.4 is 5.32 Å². The van der Waals surface area contributed by atoms with Crippen molar-refractivity contribution in [1.29, 1.82) is 5.26 Å². The van der Waals surface area contributed by atoms with Crippen LogP contribution in [0.1, 0.15) is 40.9 Å². The van der Waals surface area contributed by atoms with E-state index in [0.717, 1.165) is 33.5 Å². The minimum absolute atomic E-state index is 0.0560. The molecular weight excluding hydrogens is 486 g/mol. The van der Waals surface area contributed by atoms with Gasteiger partial charge in [0, 0.05) is 47.4 Å². The molecule has 0 fully saturated rings. The molecule has 0 saturated heterocycles. The molecule has 6 nitrogen and oxygen atoms in total. The first-order valence-electron chi connectivity index (χ1n) is 11.8. The molecule has 0 bridgehead atoms. The second-order valence-electron chi connectivity index (χ2n) is 8.49. The summed E-state index contributed by atoms with van der Waals surface area (Å²) in [6.07, 6.45) is 1.93. The topological polar surface area (TPSA) is 103 Å². The molecule has 3 aromatic carbocycles. The summed E-state index contributed by atoms with van der Waals surface area (Å²) in [5.74, 6) is -1.13. The number of benzene rings is 3. The van der Waals surface area contributed by atoms with Crippen molar-refractivity contribution in [2.24, 2.45) is 0 Å². The molecule has 0 aliphatic rings. The maximum Gasteiger partial charge on any atom is 0.303 e. The van der Waals surface area contributed by atoms with Gasteiger partial charge in [0.15, 0.2) is 5.78 Å². The van der Waals surface area contributed by atoms with Gasteiger partial charge in [-0.1, -0.05) is 54.1 Å². The fraction of sp³-hybridized carbons (Fsp3) is 0.133. The van der Waals surface area contributed by atoms with Crippen LogP contribution >= 0.6 is 11.6 Å². The normalized spacial score (nSPS) is 10.5. The standard InChI is InChI=1S/C30H24ClN3O3/c31-25-12-7-20(8-13-25)21-9-14-26(15-10-21)33-18-23-4-1-3-22(17-32)30(23)24-11-16-27(34-19-24)28(35)5-2-6-29(36)37/h1,3-4,7-16,19,33H,2,5-6,18H2,(H,36,37). The lowest BCUT2D eigenvalue weighted by atomic mass is 9.95. The number of carbonyl (C=O) groups excluding carboxylic acids is 1. The van der Waals surface area contributed by atoms with Gasteiger partial charge in [0.25, 0.3) is 0 Å². The van der Waals surface area contributed by atoms with Gasteiger partial charge in [0.1, 0.15) is 5.69 Å². The summed E-state index contributed by atoms with van der Waals surface area (Å²) in [5, 5.41) is 22.6. The fourth-order valence-corrected chi connectivity index (χ4v) is 4.16. The number of pyridine rings is 1. The highest BCUT2D eigenvalue weighted by molar-refractivity contribution is 6.30. The summed E-state index contributed by atoms with van der Waals surface area (Å²) in [6, 6.07) is 27.0. The lowest BCUT2D eigenvalue weighted by molar-refractivity contribution is -0.137. The second kappa shape index (κ2) is 12.0. The van der Waals surface area contributed by atoms with Crippen molar-refractivity contribution in [1.82, 2.24) is 4.98 Å². The Morgan fingerprint density at radius 3 is 2.19 bits per heavy atom. The first-order valence-corrected chi connectivity index (χ1v) is 12.2. The number of anilines is 1. The van der Waals surface area contributed by atoms with E-state index in [9.17, 15) is 14.9 Å². The summed E-state index contributed by atoms with van der Waals surface area (Å²) in [5.41, 5.74) is 6.30. The van der Waals surface area contributed by atoms with E-state index in [-0.39, 0.29) is 30.7 Å². The van der Waals surface area contributed by atoms with Gasteiger partial charge in [-0.05, 0) is 59.5 Å². The summed E-state index contributed by atoms with van der Waals surface area (Å²) >= 11 is 5.98. The largest absolute Gasteiger partial charge is 0.481 e. The maximum absolute atomic E-state index is 12.3. The molecule has 0 amide bonds. The van der Waals surface area contributed by atoms with Gasteiger partial charge < -0.3 is 10.4 Å². The third-order valence-electron chi connectivity index (χ3n) is 5.95. The van der Waals surface area contributed by atoms with Gasteiger partial charge in [-0.2, -0.15) is 5.26 Å². The number of Topliss-reactive ketones (excluding diaryl/α,β-unsaturated/α-hetero) is 1. The molecule has 0 atom stereocenters. The van der Waals surface area contributed by atoms with Crippen molar-refractivity contribution in [2.45, 2.75) is 25.8 Å². The van der Waals surface area contributed by atoms with Crippen molar-refractivity contribution in [3.8, 4) is 28.3 Å². The Bertz CT molecular complexity index is 1440. The Morgan fingerprint density at radius 2 is 1.57 bits per heavy atom. The average molecular weight is 510 g/mol. The van der Waals surface area contributed by atoms with Crippen LogP contribution in [0.25, 0.3) is 22.3 Å². The van der Waals surface area contributed by atoms with Crippen LogP contribution in [0.5, 0.6) is 0 Å². The smallest absolute Gasteiger partial charge is 0.303 e. The van der Waals surface area contributed by atoms with Crippen LogP contribution in [0.3, 0.4) is 0 Å². The van der Waals surface area contributed by atoms with Crippen molar-refractivity contribution in [3.05, 3.63) is 107 Å². The molecule has 0 saturated carbocycles. The summed E-state index contributed by atoms with van der Waals surface area (Å²) < 4.78 is 0. The van der Waals surface area contributed by atoms with Gasteiger partial charge in [-0.15, -0.1) is 0 Å². The average Bonchev–Trinajstić information content (AvgIpc) is 2.92. The van der Waals surface area contributed by atoms with E-state index in [1.807, 2.05) is 60.7 Å². The molecule has 0 aliphatic carbocycles. The number of halogens is 1. The lowest BCUT2D eigenvalue weighted by Gasteiger charge is -2.14. The van der Waals surface area contributed by atoms with Crippen molar-refractivity contribution in [3.63, 3.8) is 0 Å². The van der Waals surface area contributed by atoms with Crippen molar-refractivity contribution in [2.75, 3.05) is 5.32 Å². The van der Waals surface area contributed by atoms with Gasteiger partial charge in [-0.25, -0.2) is 0 Å². The monoisotopic (exact) mass is 509 g/mol. The van der Waals surface area contributed by atoms with Gasteiger partial charge in [-0.3, -0.25) is 14.6 Å². The van der Waals surface area contributed by atoms with E-state index in [2.05, 4.69) is 16.4 Å². The fourth-order valence-electron chi connectivity index (χ4n) is 4.04. The molecule has 4 rings (SSSR count). The molecule has 0 radical (unpaired) electrons. The highest BCUT2D eigenvalue weighted by Crippen LogP contribution is 2.29. The van der Waals surface area contributed by atoms with Gasteiger partial charge in [0.2, 0.25) is 0 Å². The van der Waals surface area contributed by atoms with Crippen LogP contribution in [0, 0.1) is 11.3 Å². The molecule has 4 aromatic rings. The Kier molecular flexibility index (Phi) is 8.29. The van der Waals surface area contributed by atoms with E-state index in [4.69, 9.17) is 16.7 Å². The molecule has 37 heavy (non-hydrogen) atoms. The number of hydrogen-bond donors (Lipinski definition) is 2. The number of nitrogens with one attached hydrogen (secondary N) is 1. The minimum Gasteiger partial charge on any atom is -0.481 e. The first kappa shape index (κ1) is 25.6. The second-order valence-corrected chi connectivity index (χ2v) is 8.93. The van der Waals surface area contributed by atoms with Gasteiger partial charge in [0.05, 0.1) is 11.6 Å². The molecule has 7 heteroatoms. The minimum atomic E-state index is -0.928. The molecule has 1 heterocycles. The van der Waals surface area contributed by atoms with Crippen LogP contribution in [-0.2, 0) is 11.3 Å². The number of ketones is 1.